The molecule has 102 valence electrons. The summed E-state index contributed by atoms with van der Waals surface area (Å²) in [5.41, 5.74) is 1.15. The van der Waals surface area contributed by atoms with Crippen molar-refractivity contribution in [3.8, 4) is 0 Å². The zero-order valence-corrected chi connectivity index (χ0v) is 11.8. The van der Waals surface area contributed by atoms with Crippen LogP contribution in [0.1, 0.15) is 42.9 Å². The maximum Gasteiger partial charge on any atom is 0.360 e. The molecule has 6 nitrogen and oxygen atoms in total. The van der Waals surface area contributed by atoms with Crippen LogP contribution >= 0.6 is 11.3 Å². The lowest BCUT2D eigenvalue weighted by molar-refractivity contribution is 0.0519. The summed E-state index contributed by atoms with van der Waals surface area (Å²) in [6.07, 6.45) is 1.26. The normalized spacial score (nSPS) is 10.7. The summed E-state index contributed by atoms with van der Waals surface area (Å²) >= 11 is 1.46. The van der Waals surface area contributed by atoms with Crippen LogP contribution in [0.5, 0.6) is 0 Å². The molecule has 0 fully saturated rings. The van der Waals surface area contributed by atoms with Gasteiger partial charge in [0.1, 0.15) is 6.26 Å². The largest absolute Gasteiger partial charge is 0.461 e. The van der Waals surface area contributed by atoms with E-state index < -0.39 is 5.97 Å². The molecular formula is C12H15N3O3S. The van der Waals surface area contributed by atoms with Crippen molar-refractivity contribution in [3.05, 3.63) is 23.0 Å². The summed E-state index contributed by atoms with van der Waals surface area (Å²) in [6, 6.07) is 0.229. The third-order valence-electron chi connectivity index (χ3n) is 2.32. The van der Waals surface area contributed by atoms with Gasteiger partial charge in [0, 0.05) is 5.38 Å². The molecule has 1 N–H and O–H groups in total. The first kappa shape index (κ1) is 13.5. The van der Waals surface area contributed by atoms with E-state index in [9.17, 15) is 4.79 Å². The van der Waals surface area contributed by atoms with Gasteiger partial charge >= 0.3 is 12.0 Å². The highest BCUT2D eigenvalue weighted by molar-refractivity contribution is 7.13. The maximum absolute atomic E-state index is 11.4. The van der Waals surface area contributed by atoms with Gasteiger partial charge in [-0.2, -0.15) is 4.98 Å². The van der Waals surface area contributed by atoms with E-state index in [1.165, 1.54) is 17.6 Å². The highest BCUT2D eigenvalue weighted by Crippen LogP contribution is 2.24. The van der Waals surface area contributed by atoms with E-state index in [2.05, 4.69) is 29.1 Å². The third-order valence-corrected chi connectivity index (χ3v) is 3.09. The lowest BCUT2D eigenvalue weighted by Gasteiger charge is -1.97. The molecule has 19 heavy (non-hydrogen) atoms. The zero-order chi connectivity index (χ0) is 13.8. The summed E-state index contributed by atoms with van der Waals surface area (Å²) in [4.78, 5) is 19.8. The van der Waals surface area contributed by atoms with Crippen LogP contribution < -0.4 is 5.32 Å². The average molecular weight is 281 g/mol. The molecule has 0 aliphatic rings. The number of rotatable bonds is 5. The van der Waals surface area contributed by atoms with E-state index >= 15 is 0 Å². The maximum atomic E-state index is 11.4. The first-order valence-electron chi connectivity index (χ1n) is 5.95. The molecule has 0 bridgehead atoms. The second kappa shape index (κ2) is 5.83. The second-order valence-electron chi connectivity index (χ2n) is 4.12. The third kappa shape index (κ3) is 3.31. The molecule has 0 spiro atoms. The van der Waals surface area contributed by atoms with Gasteiger partial charge in [-0.1, -0.05) is 13.8 Å². The van der Waals surface area contributed by atoms with Gasteiger partial charge < -0.3 is 9.15 Å². The van der Waals surface area contributed by atoms with Crippen molar-refractivity contribution < 1.29 is 13.9 Å². The Bertz CT molecular complexity index is 562. The lowest BCUT2D eigenvalue weighted by Crippen LogP contribution is -2.04. The smallest absolute Gasteiger partial charge is 0.360 e. The quantitative estimate of drug-likeness (QED) is 0.848. The number of nitrogens with zero attached hydrogens (tertiary/aromatic N) is 2. The molecule has 2 aromatic heterocycles. The van der Waals surface area contributed by atoms with Crippen LogP contribution in [0.15, 0.2) is 16.1 Å². The standard InChI is InChI=1S/C12H15N3O3S/c1-4-17-10(16)8-5-18-11(13-8)15-12-14-9(6-19-12)7(2)3/h5-7H,4H2,1-3H3,(H,13,14,15). The van der Waals surface area contributed by atoms with Crippen molar-refractivity contribution in [1.82, 2.24) is 9.97 Å². The van der Waals surface area contributed by atoms with Crippen molar-refractivity contribution in [2.45, 2.75) is 26.7 Å². The Labute approximate surface area is 114 Å². The van der Waals surface area contributed by atoms with Gasteiger partial charge in [0.15, 0.2) is 10.8 Å². The minimum Gasteiger partial charge on any atom is -0.461 e. The van der Waals surface area contributed by atoms with E-state index in [1.54, 1.807) is 6.92 Å². The molecule has 0 atom stereocenters. The van der Waals surface area contributed by atoms with Crippen molar-refractivity contribution in [2.75, 3.05) is 11.9 Å². The summed E-state index contributed by atoms with van der Waals surface area (Å²) in [5.74, 6) is -0.132. The molecule has 0 amide bonds. The summed E-state index contributed by atoms with van der Waals surface area (Å²) < 4.78 is 9.97. The number of aromatic nitrogens is 2. The number of hydrogen-bond acceptors (Lipinski definition) is 7. The molecule has 0 saturated carbocycles. The number of carbonyl (C=O) groups is 1. The van der Waals surface area contributed by atoms with Gasteiger partial charge in [-0.05, 0) is 12.8 Å². The predicted octanol–water partition coefficient (Wildman–Crippen LogP) is 3.17. The molecule has 0 aromatic carbocycles. The van der Waals surface area contributed by atoms with Crippen LogP contribution in [-0.4, -0.2) is 22.5 Å². The fraction of sp³-hybridized carbons (Fsp3) is 0.417. The Morgan fingerprint density at radius 2 is 2.32 bits per heavy atom. The van der Waals surface area contributed by atoms with Crippen LogP contribution in [0.4, 0.5) is 11.1 Å². The monoisotopic (exact) mass is 281 g/mol. The molecule has 0 unspecified atom stereocenters. The fourth-order valence-corrected chi connectivity index (χ4v) is 2.19. The molecule has 2 aromatic rings. The van der Waals surface area contributed by atoms with Crippen LogP contribution in [0.2, 0.25) is 0 Å². The van der Waals surface area contributed by atoms with Gasteiger partial charge in [0.25, 0.3) is 0 Å². The van der Waals surface area contributed by atoms with E-state index in [0.717, 1.165) is 5.69 Å². The molecular weight excluding hydrogens is 266 g/mol. The molecule has 2 heterocycles. The number of ether oxygens (including phenoxy) is 1. The molecule has 0 aliphatic heterocycles. The summed E-state index contributed by atoms with van der Waals surface area (Å²) in [7, 11) is 0. The zero-order valence-electron chi connectivity index (χ0n) is 11.0. The SMILES string of the molecule is CCOC(=O)c1coc(Nc2nc(C(C)C)cs2)n1. The molecule has 0 saturated heterocycles. The molecule has 2 rings (SSSR count). The number of carbonyl (C=O) groups excluding carboxylic acids is 1. The lowest BCUT2D eigenvalue weighted by atomic mass is 10.2. The van der Waals surface area contributed by atoms with Gasteiger partial charge in [0.05, 0.1) is 12.3 Å². The predicted molar refractivity (Wildman–Crippen MR) is 71.9 cm³/mol. The Hall–Kier alpha value is -1.89. The van der Waals surface area contributed by atoms with E-state index in [-0.39, 0.29) is 11.7 Å². The van der Waals surface area contributed by atoms with Crippen molar-refractivity contribution in [3.63, 3.8) is 0 Å². The Morgan fingerprint density at radius 3 is 2.95 bits per heavy atom. The van der Waals surface area contributed by atoms with Crippen LogP contribution in [0, 0.1) is 0 Å². The van der Waals surface area contributed by atoms with Gasteiger partial charge in [-0.15, -0.1) is 11.3 Å². The van der Waals surface area contributed by atoms with Crippen molar-refractivity contribution >= 4 is 28.5 Å². The summed E-state index contributed by atoms with van der Waals surface area (Å²) in [5, 5.41) is 5.57. The van der Waals surface area contributed by atoms with Crippen LogP contribution in [0.25, 0.3) is 0 Å². The highest BCUT2D eigenvalue weighted by atomic mass is 32.1. The van der Waals surface area contributed by atoms with Gasteiger partial charge in [0.2, 0.25) is 0 Å². The fourth-order valence-electron chi connectivity index (χ4n) is 1.33. The minimum atomic E-state index is -0.499. The molecule has 0 aliphatic carbocycles. The van der Waals surface area contributed by atoms with Gasteiger partial charge in [-0.25, -0.2) is 9.78 Å². The van der Waals surface area contributed by atoms with Crippen LogP contribution in [0.3, 0.4) is 0 Å². The number of esters is 1. The Morgan fingerprint density at radius 1 is 1.53 bits per heavy atom. The van der Waals surface area contributed by atoms with E-state index in [1.807, 2.05) is 5.38 Å². The topological polar surface area (TPSA) is 77.2 Å². The van der Waals surface area contributed by atoms with E-state index in [4.69, 9.17) is 9.15 Å². The van der Waals surface area contributed by atoms with Gasteiger partial charge in [-0.3, -0.25) is 5.32 Å². The number of anilines is 2. The second-order valence-corrected chi connectivity index (χ2v) is 4.97. The van der Waals surface area contributed by atoms with Crippen molar-refractivity contribution in [2.24, 2.45) is 0 Å². The van der Waals surface area contributed by atoms with Crippen LogP contribution in [-0.2, 0) is 4.74 Å². The van der Waals surface area contributed by atoms with E-state index in [0.29, 0.717) is 17.7 Å². The Kier molecular flexibility index (Phi) is 4.16. The first-order valence-corrected chi connectivity index (χ1v) is 6.83. The van der Waals surface area contributed by atoms with Crippen molar-refractivity contribution in [1.29, 1.82) is 0 Å². The molecule has 0 radical (unpaired) electrons. The Balaban J connectivity index is 2.04. The highest BCUT2D eigenvalue weighted by Gasteiger charge is 2.14. The number of hydrogen-bond donors (Lipinski definition) is 1. The number of thiazole rings is 1. The number of oxazole rings is 1. The summed E-state index contributed by atoms with van der Waals surface area (Å²) in [6.45, 7) is 6.19. The first-order chi connectivity index (χ1) is 9.10. The number of nitrogens with one attached hydrogen (secondary N) is 1. The minimum absolute atomic E-state index is 0.144. The average Bonchev–Trinajstić information content (AvgIpc) is 2.99. The molecule has 7 heteroatoms.